The largest absolute Gasteiger partial charge is 0.224 e. The monoisotopic (exact) mass is 330 g/mol. The predicted molar refractivity (Wildman–Crippen MR) is 74.4 cm³/mol. The fourth-order valence-electron chi connectivity index (χ4n) is 1.70. The SMILES string of the molecule is O=S(=O)(/C=C/c1ccc(F)cc1)Cc1ccc(F)c(F)c1F. The molecule has 0 amide bonds. The van der Waals surface area contributed by atoms with Crippen molar-refractivity contribution in [3.05, 3.63) is 76.2 Å². The molecular weight excluding hydrogens is 320 g/mol. The van der Waals surface area contributed by atoms with Gasteiger partial charge in [0.25, 0.3) is 0 Å². The molecule has 22 heavy (non-hydrogen) atoms. The summed E-state index contributed by atoms with van der Waals surface area (Å²) in [6, 6.07) is 6.56. The summed E-state index contributed by atoms with van der Waals surface area (Å²) in [5.74, 6) is -5.91. The quantitative estimate of drug-likeness (QED) is 0.631. The first-order valence-corrected chi connectivity index (χ1v) is 7.79. The molecule has 0 aliphatic carbocycles. The minimum atomic E-state index is -3.90. The van der Waals surface area contributed by atoms with Crippen LogP contribution >= 0.6 is 0 Å². The topological polar surface area (TPSA) is 34.1 Å². The third-order valence-corrected chi connectivity index (χ3v) is 4.07. The van der Waals surface area contributed by atoms with Crippen molar-refractivity contribution in [2.75, 3.05) is 0 Å². The van der Waals surface area contributed by atoms with E-state index in [4.69, 9.17) is 0 Å². The standard InChI is InChI=1S/C15H10F4O2S/c16-12-4-1-10(2-5-12)7-8-22(20,21)9-11-3-6-13(17)15(19)14(11)18/h1-8H,9H2/b8-7+. The molecule has 0 saturated heterocycles. The van der Waals surface area contributed by atoms with E-state index < -0.39 is 44.4 Å². The number of sulfone groups is 1. The Kier molecular flexibility index (Phi) is 4.65. The molecule has 0 aromatic heterocycles. The second-order valence-corrected chi connectivity index (χ2v) is 6.38. The van der Waals surface area contributed by atoms with Gasteiger partial charge < -0.3 is 0 Å². The molecule has 2 nitrogen and oxygen atoms in total. The Morgan fingerprint density at radius 2 is 1.50 bits per heavy atom. The summed E-state index contributed by atoms with van der Waals surface area (Å²) in [6.07, 6.45) is 1.20. The van der Waals surface area contributed by atoms with Gasteiger partial charge in [-0.3, -0.25) is 0 Å². The van der Waals surface area contributed by atoms with Crippen LogP contribution in [0.4, 0.5) is 17.6 Å². The first-order chi connectivity index (χ1) is 10.3. The van der Waals surface area contributed by atoms with Gasteiger partial charge in [-0.2, -0.15) is 0 Å². The molecular formula is C15H10F4O2S. The van der Waals surface area contributed by atoms with E-state index in [0.29, 0.717) is 11.6 Å². The predicted octanol–water partition coefficient (Wildman–Crippen LogP) is 3.83. The van der Waals surface area contributed by atoms with Crippen molar-refractivity contribution in [1.82, 2.24) is 0 Å². The molecule has 0 spiro atoms. The smallest absolute Gasteiger partial charge is 0.194 e. The Morgan fingerprint density at radius 1 is 0.864 bits per heavy atom. The van der Waals surface area contributed by atoms with Crippen molar-refractivity contribution in [3.8, 4) is 0 Å². The summed E-state index contributed by atoms with van der Waals surface area (Å²) in [4.78, 5) is 0. The van der Waals surface area contributed by atoms with Crippen LogP contribution in [0.15, 0.2) is 41.8 Å². The van der Waals surface area contributed by atoms with Crippen LogP contribution in [0.5, 0.6) is 0 Å². The summed E-state index contributed by atoms with van der Waals surface area (Å²) in [7, 11) is -3.90. The zero-order valence-electron chi connectivity index (χ0n) is 11.1. The van der Waals surface area contributed by atoms with Crippen LogP contribution in [0.3, 0.4) is 0 Å². The Morgan fingerprint density at radius 3 is 2.14 bits per heavy atom. The van der Waals surface area contributed by atoms with E-state index in [9.17, 15) is 26.0 Å². The lowest BCUT2D eigenvalue weighted by atomic mass is 10.2. The zero-order chi connectivity index (χ0) is 16.3. The number of benzene rings is 2. The van der Waals surface area contributed by atoms with Crippen molar-refractivity contribution < 1.29 is 26.0 Å². The molecule has 0 N–H and O–H groups in total. The molecule has 0 aliphatic rings. The van der Waals surface area contributed by atoms with Gasteiger partial charge in [0.2, 0.25) is 0 Å². The molecule has 0 fully saturated rings. The van der Waals surface area contributed by atoms with Crippen LogP contribution in [-0.4, -0.2) is 8.42 Å². The second-order valence-electron chi connectivity index (χ2n) is 4.50. The third kappa shape index (κ3) is 3.94. The number of hydrogen-bond acceptors (Lipinski definition) is 2. The van der Waals surface area contributed by atoms with E-state index in [0.717, 1.165) is 23.6 Å². The van der Waals surface area contributed by atoms with Gasteiger partial charge in [-0.15, -0.1) is 0 Å². The molecule has 0 bridgehead atoms. The highest BCUT2D eigenvalue weighted by atomic mass is 32.2. The average Bonchev–Trinajstić information content (AvgIpc) is 2.47. The van der Waals surface area contributed by atoms with Crippen LogP contribution < -0.4 is 0 Å². The molecule has 0 atom stereocenters. The number of halogens is 4. The lowest BCUT2D eigenvalue weighted by Crippen LogP contribution is -2.05. The molecule has 0 radical (unpaired) electrons. The Bertz CT molecular complexity index is 812. The van der Waals surface area contributed by atoms with Crippen molar-refractivity contribution in [3.63, 3.8) is 0 Å². The Balaban J connectivity index is 2.21. The molecule has 7 heteroatoms. The van der Waals surface area contributed by atoms with Crippen molar-refractivity contribution in [2.24, 2.45) is 0 Å². The lowest BCUT2D eigenvalue weighted by molar-refractivity contribution is 0.442. The highest BCUT2D eigenvalue weighted by molar-refractivity contribution is 7.93. The average molecular weight is 330 g/mol. The van der Waals surface area contributed by atoms with E-state index in [2.05, 4.69) is 0 Å². The highest BCUT2D eigenvalue weighted by Gasteiger charge is 2.17. The maximum absolute atomic E-state index is 13.5. The fourth-order valence-corrected chi connectivity index (χ4v) is 2.82. The first-order valence-electron chi connectivity index (χ1n) is 6.07. The maximum atomic E-state index is 13.5. The molecule has 2 aromatic rings. The number of rotatable bonds is 4. The molecule has 0 heterocycles. The summed E-state index contributed by atoms with van der Waals surface area (Å²) in [5.41, 5.74) is -0.0432. The summed E-state index contributed by atoms with van der Waals surface area (Å²) < 4.78 is 75.7. The van der Waals surface area contributed by atoms with E-state index in [1.807, 2.05) is 0 Å². The van der Waals surface area contributed by atoms with Crippen molar-refractivity contribution in [2.45, 2.75) is 5.75 Å². The van der Waals surface area contributed by atoms with Crippen LogP contribution in [0.1, 0.15) is 11.1 Å². The van der Waals surface area contributed by atoms with E-state index in [1.165, 1.54) is 18.2 Å². The van der Waals surface area contributed by atoms with Gasteiger partial charge in [0.1, 0.15) is 5.82 Å². The van der Waals surface area contributed by atoms with Crippen molar-refractivity contribution >= 4 is 15.9 Å². The summed E-state index contributed by atoms with van der Waals surface area (Å²) in [6.45, 7) is 0. The number of hydrogen-bond donors (Lipinski definition) is 0. The van der Waals surface area contributed by atoms with Gasteiger partial charge >= 0.3 is 0 Å². The second kappa shape index (κ2) is 6.31. The van der Waals surface area contributed by atoms with Crippen LogP contribution in [0, 0.1) is 23.3 Å². The molecule has 2 rings (SSSR count). The Hall–Kier alpha value is -2.15. The Labute approximate surface area is 124 Å². The van der Waals surface area contributed by atoms with Gasteiger partial charge in [0, 0.05) is 11.0 Å². The fraction of sp³-hybridized carbons (Fsp3) is 0.0667. The molecule has 116 valence electrons. The van der Waals surface area contributed by atoms with Crippen LogP contribution in [0.25, 0.3) is 6.08 Å². The maximum Gasteiger partial charge on any atom is 0.194 e. The van der Waals surface area contributed by atoms with Gasteiger partial charge in [-0.25, -0.2) is 26.0 Å². The summed E-state index contributed by atoms with van der Waals surface area (Å²) in [5, 5.41) is 0.806. The minimum absolute atomic E-state index is 0.427. The normalized spacial score (nSPS) is 12.0. The van der Waals surface area contributed by atoms with Crippen LogP contribution in [-0.2, 0) is 15.6 Å². The van der Waals surface area contributed by atoms with E-state index in [-0.39, 0.29) is 0 Å². The lowest BCUT2D eigenvalue weighted by Gasteiger charge is -2.03. The van der Waals surface area contributed by atoms with Gasteiger partial charge in [-0.05, 0) is 29.8 Å². The first kappa shape index (κ1) is 16.2. The highest BCUT2D eigenvalue weighted by Crippen LogP contribution is 2.18. The molecule has 0 unspecified atom stereocenters. The van der Waals surface area contributed by atoms with Gasteiger partial charge in [0.15, 0.2) is 27.3 Å². The molecule has 2 aromatic carbocycles. The molecule has 0 aliphatic heterocycles. The molecule has 0 saturated carbocycles. The van der Waals surface area contributed by atoms with E-state index >= 15 is 0 Å². The van der Waals surface area contributed by atoms with Crippen molar-refractivity contribution in [1.29, 1.82) is 0 Å². The zero-order valence-corrected chi connectivity index (χ0v) is 11.9. The van der Waals surface area contributed by atoms with Crippen LogP contribution in [0.2, 0.25) is 0 Å². The van der Waals surface area contributed by atoms with Gasteiger partial charge in [-0.1, -0.05) is 18.2 Å². The van der Waals surface area contributed by atoms with Gasteiger partial charge in [0.05, 0.1) is 5.75 Å². The van der Waals surface area contributed by atoms with E-state index in [1.54, 1.807) is 0 Å². The summed E-state index contributed by atoms with van der Waals surface area (Å²) >= 11 is 0. The minimum Gasteiger partial charge on any atom is -0.224 e. The third-order valence-electron chi connectivity index (χ3n) is 2.81.